The number of benzene rings is 1. The Bertz CT molecular complexity index is 365. The molecule has 4 heteroatoms. The van der Waals surface area contributed by atoms with Crippen LogP contribution in [-0.2, 0) is 9.53 Å². The van der Waals surface area contributed by atoms with E-state index in [1.54, 1.807) is 19.1 Å². The van der Waals surface area contributed by atoms with Crippen molar-refractivity contribution in [3.8, 4) is 5.75 Å². The van der Waals surface area contributed by atoms with Crippen molar-refractivity contribution in [2.75, 3.05) is 13.2 Å². The van der Waals surface area contributed by atoms with Crippen molar-refractivity contribution in [1.82, 2.24) is 5.32 Å². The summed E-state index contributed by atoms with van der Waals surface area (Å²) in [6.45, 7) is 4.31. The molecule has 0 aromatic heterocycles. The number of carbonyl (C=O) groups excluding carboxylic acids is 1. The molecule has 1 rings (SSSR count). The summed E-state index contributed by atoms with van der Waals surface area (Å²) < 4.78 is 4.84. The molecule has 0 saturated carbocycles. The van der Waals surface area contributed by atoms with E-state index in [0.29, 0.717) is 6.61 Å². The third kappa shape index (κ3) is 4.07. The quantitative estimate of drug-likeness (QED) is 0.743. The Labute approximate surface area is 102 Å². The number of carbonyl (C=O) groups is 1. The Morgan fingerprint density at radius 2 is 2.12 bits per heavy atom. The van der Waals surface area contributed by atoms with Crippen LogP contribution in [-0.4, -0.2) is 24.2 Å². The van der Waals surface area contributed by atoms with Gasteiger partial charge in [0.15, 0.2) is 0 Å². The molecule has 1 unspecified atom stereocenters. The Kier molecular flexibility index (Phi) is 5.49. The van der Waals surface area contributed by atoms with E-state index in [0.717, 1.165) is 12.0 Å². The lowest BCUT2D eigenvalue weighted by Crippen LogP contribution is -2.28. The van der Waals surface area contributed by atoms with Crippen molar-refractivity contribution in [3.05, 3.63) is 29.8 Å². The minimum absolute atomic E-state index is 0.0411. The SMILES string of the molecule is CCOC(=O)CNC(CC)c1ccccc1O. The fourth-order valence-electron chi connectivity index (χ4n) is 1.67. The molecule has 0 radical (unpaired) electrons. The third-order valence-corrected chi connectivity index (χ3v) is 2.52. The topological polar surface area (TPSA) is 58.6 Å². The highest BCUT2D eigenvalue weighted by molar-refractivity contribution is 5.71. The van der Waals surface area contributed by atoms with Gasteiger partial charge in [0.25, 0.3) is 0 Å². The maximum absolute atomic E-state index is 11.2. The smallest absolute Gasteiger partial charge is 0.319 e. The van der Waals surface area contributed by atoms with Crippen LogP contribution in [0.25, 0.3) is 0 Å². The lowest BCUT2D eigenvalue weighted by Gasteiger charge is -2.17. The van der Waals surface area contributed by atoms with Gasteiger partial charge in [-0.1, -0.05) is 25.1 Å². The van der Waals surface area contributed by atoms with Crippen LogP contribution in [0.5, 0.6) is 5.75 Å². The van der Waals surface area contributed by atoms with Gasteiger partial charge in [-0.15, -0.1) is 0 Å². The standard InChI is InChI=1S/C13H19NO3/c1-3-11(14-9-13(16)17-4-2)10-7-5-6-8-12(10)15/h5-8,11,14-15H,3-4,9H2,1-2H3. The zero-order valence-corrected chi connectivity index (χ0v) is 10.3. The number of phenols is 1. The summed E-state index contributed by atoms with van der Waals surface area (Å²) in [4.78, 5) is 11.2. The zero-order chi connectivity index (χ0) is 12.7. The lowest BCUT2D eigenvalue weighted by atomic mass is 10.0. The van der Waals surface area contributed by atoms with Crippen LogP contribution in [0.1, 0.15) is 31.9 Å². The molecule has 0 fully saturated rings. The molecule has 0 amide bonds. The maximum Gasteiger partial charge on any atom is 0.319 e. The van der Waals surface area contributed by atoms with Gasteiger partial charge >= 0.3 is 5.97 Å². The lowest BCUT2D eigenvalue weighted by molar-refractivity contribution is -0.142. The Morgan fingerprint density at radius 3 is 2.71 bits per heavy atom. The second-order valence-electron chi connectivity index (χ2n) is 3.71. The number of phenolic OH excluding ortho intramolecular Hbond substituents is 1. The van der Waals surface area contributed by atoms with Crippen LogP contribution in [0.3, 0.4) is 0 Å². The number of nitrogens with one attached hydrogen (secondary N) is 1. The minimum Gasteiger partial charge on any atom is -0.508 e. The number of esters is 1. The molecule has 94 valence electrons. The number of rotatable bonds is 6. The monoisotopic (exact) mass is 237 g/mol. The van der Waals surface area contributed by atoms with Crippen LogP contribution in [0.2, 0.25) is 0 Å². The first-order valence-electron chi connectivity index (χ1n) is 5.85. The van der Waals surface area contributed by atoms with Crippen molar-refractivity contribution >= 4 is 5.97 Å². The second kappa shape index (κ2) is 6.91. The van der Waals surface area contributed by atoms with Crippen LogP contribution in [0, 0.1) is 0 Å². The van der Waals surface area contributed by atoms with Crippen LogP contribution in [0.15, 0.2) is 24.3 Å². The van der Waals surface area contributed by atoms with E-state index in [4.69, 9.17) is 4.74 Å². The van der Waals surface area contributed by atoms with Gasteiger partial charge in [0, 0.05) is 11.6 Å². The number of ether oxygens (including phenoxy) is 1. The van der Waals surface area contributed by atoms with Crippen LogP contribution in [0.4, 0.5) is 0 Å². The minimum atomic E-state index is -0.277. The fraction of sp³-hybridized carbons (Fsp3) is 0.462. The molecule has 0 bridgehead atoms. The van der Waals surface area contributed by atoms with Crippen molar-refractivity contribution in [2.24, 2.45) is 0 Å². The van der Waals surface area contributed by atoms with E-state index < -0.39 is 0 Å². The molecule has 4 nitrogen and oxygen atoms in total. The van der Waals surface area contributed by atoms with E-state index >= 15 is 0 Å². The predicted octanol–water partition coefficient (Wildman–Crippen LogP) is 2.00. The highest BCUT2D eigenvalue weighted by atomic mass is 16.5. The van der Waals surface area contributed by atoms with Crippen LogP contribution < -0.4 is 5.32 Å². The van der Waals surface area contributed by atoms with Gasteiger partial charge in [0.1, 0.15) is 5.75 Å². The van der Waals surface area contributed by atoms with E-state index in [2.05, 4.69) is 5.32 Å². The number of aromatic hydroxyl groups is 1. The van der Waals surface area contributed by atoms with Crippen molar-refractivity contribution in [1.29, 1.82) is 0 Å². The number of para-hydroxylation sites is 1. The summed E-state index contributed by atoms with van der Waals surface area (Å²) in [7, 11) is 0. The summed E-state index contributed by atoms with van der Waals surface area (Å²) >= 11 is 0. The van der Waals surface area contributed by atoms with Crippen molar-refractivity contribution in [3.63, 3.8) is 0 Å². The van der Waals surface area contributed by atoms with Gasteiger partial charge < -0.3 is 9.84 Å². The van der Waals surface area contributed by atoms with Crippen molar-refractivity contribution < 1.29 is 14.6 Å². The van der Waals surface area contributed by atoms with E-state index in [1.165, 1.54) is 0 Å². The van der Waals surface area contributed by atoms with E-state index in [1.807, 2.05) is 19.1 Å². The highest BCUT2D eigenvalue weighted by Gasteiger charge is 2.14. The first-order valence-corrected chi connectivity index (χ1v) is 5.85. The largest absolute Gasteiger partial charge is 0.508 e. The fourth-order valence-corrected chi connectivity index (χ4v) is 1.67. The van der Waals surface area contributed by atoms with Gasteiger partial charge in [-0.25, -0.2) is 0 Å². The molecule has 0 heterocycles. The van der Waals surface area contributed by atoms with Crippen LogP contribution >= 0.6 is 0 Å². The predicted molar refractivity (Wildman–Crippen MR) is 65.8 cm³/mol. The van der Waals surface area contributed by atoms with Gasteiger partial charge in [-0.2, -0.15) is 0 Å². The molecule has 1 atom stereocenters. The Morgan fingerprint density at radius 1 is 1.41 bits per heavy atom. The average molecular weight is 237 g/mol. The molecular formula is C13H19NO3. The summed E-state index contributed by atoms with van der Waals surface area (Å²) in [5, 5.41) is 12.8. The average Bonchev–Trinajstić information content (AvgIpc) is 2.32. The molecule has 0 aliphatic carbocycles. The normalized spacial score (nSPS) is 12.1. The molecular weight excluding hydrogens is 218 g/mol. The summed E-state index contributed by atoms with van der Waals surface area (Å²) in [6, 6.07) is 7.09. The highest BCUT2D eigenvalue weighted by Crippen LogP contribution is 2.25. The molecule has 0 spiro atoms. The molecule has 1 aromatic rings. The van der Waals surface area contributed by atoms with Gasteiger partial charge in [0.2, 0.25) is 0 Å². The molecule has 2 N–H and O–H groups in total. The first-order chi connectivity index (χ1) is 8.19. The Hall–Kier alpha value is -1.55. The molecule has 17 heavy (non-hydrogen) atoms. The van der Waals surface area contributed by atoms with Crippen molar-refractivity contribution in [2.45, 2.75) is 26.3 Å². The van der Waals surface area contributed by atoms with Gasteiger partial charge in [-0.05, 0) is 19.4 Å². The Balaban J connectivity index is 2.60. The van der Waals surface area contributed by atoms with E-state index in [-0.39, 0.29) is 24.3 Å². The summed E-state index contributed by atoms with van der Waals surface area (Å²) in [5.74, 6) is -0.0305. The first kappa shape index (κ1) is 13.5. The molecule has 0 saturated heterocycles. The summed E-state index contributed by atoms with van der Waals surface area (Å²) in [5.41, 5.74) is 0.805. The number of hydrogen-bond acceptors (Lipinski definition) is 4. The van der Waals surface area contributed by atoms with Gasteiger partial charge in [-0.3, -0.25) is 10.1 Å². The van der Waals surface area contributed by atoms with Gasteiger partial charge in [0.05, 0.1) is 13.2 Å². The molecule has 1 aromatic carbocycles. The molecule has 0 aliphatic rings. The maximum atomic E-state index is 11.2. The second-order valence-corrected chi connectivity index (χ2v) is 3.71. The summed E-state index contributed by atoms with van der Waals surface area (Å²) in [6.07, 6.45) is 0.789. The van der Waals surface area contributed by atoms with E-state index in [9.17, 15) is 9.90 Å². The third-order valence-electron chi connectivity index (χ3n) is 2.52. The molecule has 0 aliphatic heterocycles. The number of hydrogen-bond donors (Lipinski definition) is 2. The zero-order valence-electron chi connectivity index (χ0n) is 10.3.